The fourth-order valence-electron chi connectivity index (χ4n) is 6.94. The molecule has 2 fully saturated rings. The van der Waals surface area contributed by atoms with Crippen molar-refractivity contribution in [2.24, 2.45) is 11.8 Å². The first kappa shape index (κ1) is 55.4. The SMILES string of the molecule is C.COc1ccc(S(=O)(=O)C(C)(F)C2CCN(C(=O)Nc3ccnnc3)CC2)cn1.COc1ccc(S(=O)(=O)C(C)(F)C2CCNCC2)cn1.Cl.O=C(Cc1ccnnc1)Oc1ccccc1. The lowest BCUT2D eigenvalue weighted by atomic mass is 9.92. The molecule has 2 N–H and O–H groups in total. The number of amides is 2. The lowest BCUT2D eigenvalue weighted by Gasteiger charge is -2.37. The highest BCUT2D eigenvalue weighted by Crippen LogP contribution is 2.40. The van der Waals surface area contributed by atoms with Crippen LogP contribution in [-0.4, -0.2) is 114 Å². The largest absolute Gasteiger partial charge is 0.481 e. The van der Waals surface area contributed by atoms with Gasteiger partial charge in [-0.05, 0) is 94.6 Å². The van der Waals surface area contributed by atoms with Gasteiger partial charge in [0, 0.05) is 55.6 Å². The van der Waals surface area contributed by atoms with E-state index in [9.17, 15) is 30.8 Å². The van der Waals surface area contributed by atoms with Crippen LogP contribution in [0.3, 0.4) is 0 Å². The van der Waals surface area contributed by atoms with Crippen molar-refractivity contribution in [3.63, 3.8) is 0 Å². The number of hydrogen-bond acceptors (Lipinski definition) is 16. The Morgan fingerprint density at radius 2 is 1.22 bits per heavy atom. The van der Waals surface area contributed by atoms with Gasteiger partial charge < -0.3 is 29.7 Å². The Labute approximate surface area is 395 Å². The number of pyridine rings is 2. The number of nitrogens with zero attached hydrogens (tertiary/aromatic N) is 7. The maximum absolute atomic E-state index is 15.5. The van der Waals surface area contributed by atoms with Crippen molar-refractivity contribution in [1.29, 1.82) is 0 Å². The highest BCUT2D eigenvalue weighted by molar-refractivity contribution is 7.93. The molecule has 4 aromatic heterocycles. The molecule has 2 amide bonds. The van der Waals surface area contributed by atoms with Gasteiger partial charge in [-0.15, -0.1) is 12.4 Å². The lowest BCUT2D eigenvalue weighted by Crippen LogP contribution is -2.48. The maximum atomic E-state index is 15.5. The molecule has 0 aliphatic carbocycles. The van der Waals surface area contributed by atoms with Gasteiger partial charge in [-0.1, -0.05) is 25.6 Å². The van der Waals surface area contributed by atoms with E-state index in [2.05, 4.69) is 41.0 Å². The highest BCUT2D eigenvalue weighted by atomic mass is 35.5. The standard InChI is InChI=1S/C18H22FN5O4S.C13H19FN2O3S.C12H10N2O2.CH4.ClH/c1-18(19,29(26,27)15-3-4-16(28-2)20-12-15)13-6-9-24(10-7-13)17(25)23-14-5-8-21-22-11-14;1-13(14,10-5-7-15-8-6-10)20(17,18)11-3-4-12(19-2)16-9-11;15-12(8-10-6-7-13-14-9-10)16-11-4-2-1-3-5-11;;/h3-5,8,11-13H,6-7,9-10H2,1-2H3,(H,21,23,25);3-4,9-10,15H,5-8H2,1-2H3;1-7,9H,8H2;1H4;1H. The molecule has 1 aromatic carbocycles. The van der Waals surface area contributed by atoms with Gasteiger partial charge in [0.05, 0.1) is 54.7 Å². The molecule has 2 aliphatic rings. The normalized spacial score (nSPS) is 15.9. The van der Waals surface area contributed by atoms with Crippen LogP contribution in [0.4, 0.5) is 19.3 Å². The summed E-state index contributed by atoms with van der Waals surface area (Å²) in [4.78, 5) is 32.8. The Morgan fingerprint density at radius 3 is 1.67 bits per heavy atom. The molecule has 2 aliphatic heterocycles. The molecule has 364 valence electrons. The second kappa shape index (κ2) is 25.2. The number of alkyl halides is 2. The molecule has 7 rings (SSSR count). The number of sulfone groups is 2. The topological polar surface area (TPSA) is 235 Å². The molecule has 67 heavy (non-hydrogen) atoms. The van der Waals surface area contributed by atoms with E-state index >= 15 is 4.39 Å². The minimum atomic E-state index is -4.27. The van der Waals surface area contributed by atoms with Crippen LogP contribution in [0, 0.1) is 11.8 Å². The molecular formula is C44H56ClF2N9O9S2. The summed E-state index contributed by atoms with van der Waals surface area (Å²) in [6, 6.07) is 17.4. The van der Waals surface area contributed by atoms with Gasteiger partial charge in [0.1, 0.15) is 5.75 Å². The Balaban J connectivity index is 0.000000275. The van der Waals surface area contributed by atoms with Crippen molar-refractivity contribution in [3.8, 4) is 17.5 Å². The number of carbonyl (C=O) groups is 2. The van der Waals surface area contributed by atoms with Crippen LogP contribution in [0.25, 0.3) is 0 Å². The Bertz CT molecular complexity index is 2470. The van der Waals surface area contributed by atoms with Crippen LogP contribution in [-0.2, 0) is 30.9 Å². The van der Waals surface area contributed by atoms with Crippen LogP contribution in [0.2, 0.25) is 0 Å². The number of ether oxygens (including phenoxy) is 3. The number of methoxy groups -OCH3 is 2. The van der Waals surface area contributed by atoms with E-state index in [1.807, 2.05) is 18.2 Å². The molecular weight excluding hydrogens is 936 g/mol. The fourth-order valence-corrected chi connectivity index (χ4v) is 10.1. The van der Waals surface area contributed by atoms with Crippen molar-refractivity contribution in [3.05, 3.63) is 109 Å². The third-order valence-corrected chi connectivity index (χ3v) is 15.4. The van der Waals surface area contributed by atoms with Gasteiger partial charge >= 0.3 is 12.0 Å². The first-order valence-electron chi connectivity index (χ1n) is 20.4. The van der Waals surface area contributed by atoms with Gasteiger partial charge in [-0.3, -0.25) is 4.79 Å². The number of para-hydroxylation sites is 1. The number of aromatic nitrogens is 6. The maximum Gasteiger partial charge on any atom is 0.321 e. The number of nitrogens with one attached hydrogen (secondary N) is 2. The highest BCUT2D eigenvalue weighted by Gasteiger charge is 2.49. The molecule has 2 unspecified atom stereocenters. The molecule has 2 atom stereocenters. The molecule has 0 spiro atoms. The molecule has 0 bridgehead atoms. The third kappa shape index (κ3) is 14.5. The number of carbonyl (C=O) groups excluding carboxylic acids is 2. The van der Waals surface area contributed by atoms with E-state index < -0.39 is 41.5 Å². The summed E-state index contributed by atoms with van der Waals surface area (Å²) >= 11 is 0. The van der Waals surface area contributed by atoms with E-state index in [0.29, 0.717) is 43.2 Å². The number of urea groups is 1. The van der Waals surface area contributed by atoms with E-state index in [4.69, 9.17) is 14.2 Å². The summed E-state index contributed by atoms with van der Waals surface area (Å²) in [7, 11) is -5.50. The van der Waals surface area contributed by atoms with Crippen LogP contribution >= 0.6 is 12.4 Å². The van der Waals surface area contributed by atoms with E-state index in [1.165, 1.54) is 55.8 Å². The summed E-state index contributed by atoms with van der Waals surface area (Å²) in [5, 5.41) is 15.7. The van der Waals surface area contributed by atoms with Gasteiger partial charge in [0.2, 0.25) is 41.4 Å². The molecule has 2 saturated heterocycles. The third-order valence-electron chi connectivity index (χ3n) is 10.9. The zero-order valence-corrected chi connectivity index (χ0v) is 39.1. The van der Waals surface area contributed by atoms with Crippen LogP contribution < -0.4 is 24.8 Å². The molecule has 18 nitrogen and oxygen atoms in total. The predicted octanol–water partition coefficient (Wildman–Crippen LogP) is 6.52. The summed E-state index contributed by atoms with van der Waals surface area (Å²) < 4.78 is 96.0. The van der Waals surface area contributed by atoms with Crippen molar-refractivity contribution in [2.75, 3.05) is 45.7 Å². The quantitative estimate of drug-likeness (QED) is 0.100. The fraction of sp³-hybridized carbons (Fsp3) is 0.409. The minimum absolute atomic E-state index is 0. The number of benzene rings is 1. The van der Waals surface area contributed by atoms with E-state index in [1.54, 1.807) is 36.7 Å². The summed E-state index contributed by atoms with van der Waals surface area (Å²) in [6.45, 7) is 4.00. The summed E-state index contributed by atoms with van der Waals surface area (Å²) in [5.41, 5.74) is 1.29. The Kier molecular flexibility index (Phi) is 20.9. The average molecular weight is 993 g/mol. The summed E-state index contributed by atoms with van der Waals surface area (Å²) in [5.74, 6) is -0.467. The monoisotopic (exact) mass is 991 g/mol. The van der Waals surface area contributed by atoms with Gasteiger partial charge in [-0.2, -0.15) is 20.4 Å². The second-order valence-electron chi connectivity index (χ2n) is 15.1. The number of halogens is 3. The molecule has 6 heterocycles. The van der Waals surface area contributed by atoms with Crippen molar-refractivity contribution in [2.45, 2.75) is 73.2 Å². The number of esters is 1. The lowest BCUT2D eigenvalue weighted by molar-refractivity contribution is -0.133. The zero-order valence-electron chi connectivity index (χ0n) is 36.6. The van der Waals surface area contributed by atoms with Crippen molar-refractivity contribution < 1.29 is 49.4 Å². The molecule has 23 heteroatoms. The molecule has 0 saturated carbocycles. The number of rotatable bonds is 12. The van der Waals surface area contributed by atoms with E-state index in [-0.39, 0.29) is 79.9 Å². The average Bonchev–Trinajstić information content (AvgIpc) is 3.33. The minimum Gasteiger partial charge on any atom is -0.481 e. The van der Waals surface area contributed by atoms with Gasteiger partial charge in [0.15, 0.2) is 0 Å². The number of hydrogen-bond donors (Lipinski definition) is 2. The predicted molar refractivity (Wildman–Crippen MR) is 248 cm³/mol. The smallest absolute Gasteiger partial charge is 0.321 e. The van der Waals surface area contributed by atoms with Crippen LogP contribution in [0.15, 0.2) is 114 Å². The van der Waals surface area contributed by atoms with Crippen molar-refractivity contribution >= 4 is 49.8 Å². The first-order chi connectivity index (χ1) is 31.0. The number of likely N-dealkylation sites (tertiary alicyclic amines) is 1. The zero-order chi connectivity index (χ0) is 47.1. The van der Waals surface area contributed by atoms with Crippen LogP contribution in [0.5, 0.6) is 17.5 Å². The van der Waals surface area contributed by atoms with Gasteiger partial charge in [-0.25, -0.2) is 40.4 Å². The van der Waals surface area contributed by atoms with Crippen LogP contribution in [0.1, 0.15) is 52.5 Å². The Morgan fingerprint density at radius 1 is 0.716 bits per heavy atom. The first-order valence-corrected chi connectivity index (χ1v) is 23.4. The molecule has 5 aromatic rings. The number of anilines is 1. The second-order valence-corrected chi connectivity index (χ2v) is 19.7. The Hall–Kier alpha value is -5.97. The molecule has 0 radical (unpaired) electrons. The van der Waals surface area contributed by atoms with Gasteiger partial charge in [0.25, 0.3) is 0 Å². The van der Waals surface area contributed by atoms with E-state index in [0.717, 1.165) is 31.8 Å². The number of piperidine rings is 2. The van der Waals surface area contributed by atoms with Crippen molar-refractivity contribution in [1.82, 2.24) is 40.6 Å². The summed E-state index contributed by atoms with van der Waals surface area (Å²) in [6.07, 6.45) is 9.86.